The van der Waals surface area contributed by atoms with Crippen molar-refractivity contribution in [3.63, 3.8) is 0 Å². The predicted octanol–water partition coefficient (Wildman–Crippen LogP) is 4.15. The summed E-state index contributed by atoms with van der Waals surface area (Å²) in [5, 5.41) is -2.29. The molecule has 1 aromatic heterocycles. The number of pyridine rings is 1. The summed E-state index contributed by atoms with van der Waals surface area (Å²) in [4.78, 5) is 2.54. The van der Waals surface area contributed by atoms with Gasteiger partial charge in [0.15, 0.2) is 5.82 Å². The van der Waals surface area contributed by atoms with E-state index < -0.39 is 19.9 Å². The zero-order chi connectivity index (χ0) is 10.4. The van der Waals surface area contributed by atoms with Crippen molar-refractivity contribution >= 4 is 19.7 Å². The molecule has 0 radical (unpaired) electrons. The molecule has 0 N–H and O–H groups in total. The minimum absolute atomic E-state index is 0.434. The molecule has 1 rings (SSSR count). The molecule has 8 heteroatoms. The summed E-state index contributed by atoms with van der Waals surface area (Å²) in [7, 11) is -5.17. The molecule has 0 unspecified atom stereocenters. The molecule has 0 aliphatic carbocycles. The van der Waals surface area contributed by atoms with Crippen LogP contribution in [0.15, 0.2) is 23.4 Å². The third-order valence-electron chi connectivity index (χ3n) is 1.09. The molecule has 0 saturated carbocycles. The Morgan fingerprint density at radius 2 is 1.77 bits per heavy atom. The number of nitrogens with zero attached hydrogens (tertiary/aromatic N) is 1. The maximum atomic E-state index is 12.5. The number of halogens is 6. The second kappa shape index (κ2) is 2.09. The fourth-order valence-electron chi connectivity index (χ4n) is 0.655. The number of hydrogen-bond donors (Lipinski definition) is 0. The zero-order valence-electron chi connectivity index (χ0n) is 5.86. The first-order valence-corrected chi connectivity index (χ1v) is 5.73. The number of rotatable bonds is 1. The van der Waals surface area contributed by atoms with Gasteiger partial charge in [-0.3, -0.25) is 0 Å². The lowest BCUT2D eigenvalue weighted by atomic mass is 10.5. The molecule has 1 heterocycles. The second-order valence-corrected chi connectivity index (χ2v) is 6.45. The fraction of sp³-hybridized carbons (Fsp3) is 0. The van der Waals surface area contributed by atoms with Crippen molar-refractivity contribution in [1.82, 2.24) is 4.98 Å². The predicted molar refractivity (Wildman–Crippen MR) is 40.3 cm³/mol. The Morgan fingerprint density at radius 1 is 1.23 bits per heavy atom. The molecule has 0 atom stereocenters. The molecule has 0 aromatic carbocycles. The van der Waals surface area contributed by atoms with E-state index in [0.29, 0.717) is 12.3 Å². The average molecular weight is 240 g/mol. The van der Waals surface area contributed by atoms with Crippen LogP contribution >= 0.6 is 19.7 Å². The Morgan fingerprint density at radius 3 is 2.08 bits per heavy atom. The largest absolute Gasteiger partial charge is 0.271 e. The van der Waals surface area contributed by atoms with Gasteiger partial charge in [-0.25, -0.2) is 9.37 Å². The summed E-state index contributed by atoms with van der Waals surface area (Å²) >= 11 is 0. The Hall–Kier alpha value is -0.560. The first-order chi connectivity index (χ1) is 5.50. The summed E-state index contributed by atoms with van der Waals surface area (Å²) in [6, 6.07) is 1.34. The van der Waals surface area contributed by atoms with Gasteiger partial charge < -0.3 is 0 Å². The topological polar surface area (TPSA) is 12.9 Å². The molecular formula is C5H3ClF5NS. The first-order valence-electron chi connectivity index (χ1n) is 2.85. The highest BCUT2D eigenvalue weighted by Crippen LogP contribution is 3.04. The quantitative estimate of drug-likeness (QED) is 0.671. The summed E-state index contributed by atoms with van der Waals surface area (Å²) in [6.45, 7) is 0. The summed E-state index contributed by atoms with van der Waals surface area (Å²) in [6.07, 6.45) is 0.610. The van der Waals surface area contributed by atoms with E-state index in [1.807, 2.05) is 0 Å². The van der Waals surface area contributed by atoms with Gasteiger partial charge in [0.2, 0.25) is 5.03 Å². The maximum Gasteiger partial charge on any atom is 0.271 e. The van der Waals surface area contributed by atoms with Crippen molar-refractivity contribution in [2.75, 3.05) is 0 Å². The van der Waals surface area contributed by atoms with Crippen LogP contribution in [-0.4, -0.2) is 4.98 Å². The first kappa shape index (κ1) is 10.5. The third kappa shape index (κ3) is 2.44. The van der Waals surface area contributed by atoms with Crippen molar-refractivity contribution in [3.8, 4) is 0 Å². The lowest BCUT2D eigenvalue weighted by Crippen LogP contribution is -2.09. The number of aromatic nitrogens is 1. The minimum atomic E-state index is -8.99. The summed E-state index contributed by atoms with van der Waals surface area (Å²) in [5.41, 5.74) is 0. The van der Waals surface area contributed by atoms with Crippen molar-refractivity contribution in [2.45, 2.75) is 5.03 Å². The molecule has 1 aromatic rings. The minimum Gasteiger partial charge on any atom is -0.240 e. The van der Waals surface area contributed by atoms with E-state index in [1.54, 1.807) is 0 Å². The van der Waals surface area contributed by atoms with Crippen LogP contribution in [0, 0.1) is 5.82 Å². The van der Waals surface area contributed by atoms with Crippen molar-refractivity contribution in [3.05, 3.63) is 24.1 Å². The standard InChI is InChI=1S/C5H3ClF5NS/c6-13(8,9,10,11)5-4(7)2-1-3-12-5/h1-3H. The fourth-order valence-corrected chi connectivity index (χ4v) is 1.69. The zero-order valence-corrected chi connectivity index (χ0v) is 7.43. The molecule has 13 heavy (non-hydrogen) atoms. The summed E-state index contributed by atoms with van der Waals surface area (Å²) in [5.74, 6) is -1.82. The van der Waals surface area contributed by atoms with Crippen LogP contribution < -0.4 is 0 Å². The monoisotopic (exact) mass is 239 g/mol. The molecule has 1 nitrogen and oxygen atoms in total. The van der Waals surface area contributed by atoms with Crippen LogP contribution in [0.5, 0.6) is 0 Å². The van der Waals surface area contributed by atoms with E-state index in [9.17, 15) is 19.9 Å². The molecule has 0 aliphatic rings. The van der Waals surface area contributed by atoms with Gasteiger partial charge in [-0.1, -0.05) is 0 Å². The molecule has 0 aliphatic heterocycles. The van der Waals surface area contributed by atoms with Crippen LogP contribution in [0.25, 0.3) is 0 Å². The van der Waals surface area contributed by atoms with Gasteiger partial charge in [-0.05, 0) is 12.1 Å². The Kier molecular flexibility index (Phi) is 1.69. The van der Waals surface area contributed by atoms with Gasteiger partial charge >= 0.3 is 0 Å². The molecule has 0 fully saturated rings. The summed E-state index contributed by atoms with van der Waals surface area (Å²) < 4.78 is 61.9. The molecular weight excluding hydrogens is 237 g/mol. The van der Waals surface area contributed by atoms with Crippen LogP contribution in [0.1, 0.15) is 0 Å². The normalized spacial score (nSPS) is 17.7. The number of hydrogen-bond acceptors (Lipinski definition) is 1. The smallest absolute Gasteiger partial charge is 0.240 e. The van der Waals surface area contributed by atoms with Crippen LogP contribution in [0.2, 0.25) is 0 Å². The highest BCUT2D eigenvalue weighted by Gasteiger charge is 2.66. The molecule has 0 amide bonds. The molecule has 0 saturated heterocycles. The Balaban J connectivity index is 3.50. The molecule has 0 bridgehead atoms. The van der Waals surface area contributed by atoms with Gasteiger partial charge in [-0.2, -0.15) is 0 Å². The van der Waals surface area contributed by atoms with Crippen molar-refractivity contribution in [2.24, 2.45) is 0 Å². The van der Waals surface area contributed by atoms with E-state index in [0.717, 1.165) is 6.07 Å². The molecule has 76 valence electrons. The van der Waals surface area contributed by atoms with Gasteiger partial charge in [0.25, 0.3) is 9.05 Å². The van der Waals surface area contributed by atoms with Crippen molar-refractivity contribution in [1.29, 1.82) is 0 Å². The van der Waals surface area contributed by atoms with E-state index in [4.69, 9.17) is 0 Å². The maximum absolute atomic E-state index is 12.5. The van der Waals surface area contributed by atoms with E-state index in [2.05, 4.69) is 15.7 Å². The van der Waals surface area contributed by atoms with Gasteiger partial charge in [0, 0.05) is 16.9 Å². The van der Waals surface area contributed by atoms with Gasteiger partial charge in [0.05, 0.1) is 0 Å². The molecule has 0 spiro atoms. The van der Waals surface area contributed by atoms with Gasteiger partial charge in [0.1, 0.15) is 0 Å². The van der Waals surface area contributed by atoms with Crippen molar-refractivity contribution < 1.29 is 19.9 Å². The van der Waals surface area contributed by atoms with E-state index >= 15 is 0 Å². The Bertz CT molecular complexity index is 346. The highest BCUT2D eigenvalue weighted by atomic mass is 35.7. The highest BCUT2D eigenvalue weighted by molar-refractivity contribution is 8.65. The van der Waals surface area contributed by atoms with Crippen LogP contribution in [-0.2, 0) is 0 Å². The lowest BCUT2D eigenvalue weighted by molar-refractivity contribution is 0.452. The lowest BCUT2D eigenvalue weighted by Gasteiger charge is -2.41. The second-order valence-electron chi connectivity index (χ2n) is 2.26. The van der Waals surface area contributed by atoms with E-state index in [-0.39, 0.29) is 0 Å². The average Bonchev–Trinajstić information content (AvgIpc) is 1.82. The SMILES string of the molecule is Fc1cccnc1S(F)(F)(F)(F)Cl. The Labute approximate surface area is 74.5 Å². The van der Waals surface area contributed by atoms with Crippen LogP contribution in [0.4, 0.5) is 19.9 Å². The van der Waals surface area contributed by atoms with E-state index in [1.165, 1.54) is 0 Å². The van der Waals surface area contributed by atoms with Crippen LogP contribution in [0.3, 0.4) is 0 Å². The third-order valence-corrected chi connectivity index (χ3v) is 2.56. The van der Waals surface area contributed by atoms with Gasteiger partial charge in [-0.15, -0.1) is 15.5 Å².